The first-order valence-electron chi connectivity index (χ1n) is 7.56. The van der Waals surface area contributed by atoms with Crippen LogP contribution >= 0.6 is 0 Å². The van der Waals surface area contributed by atoms with Crippen LogP contribution in [-0.4, -0.2) is 50.1 Å². The predicted octanol–water partition coefficient (Wildman–Crippen LogP) is 0.454. The second kappa shape index (κ2) is 7.13. The van der Waals surface area contributed by atoms with Crippen molar-refractivity contribution >= 4 is 5.91 Å². The number of carbonyl (C=O) groups excluding carboxylic acids is 1. The summed E-state index contributed by atoms with van der Waals surface area (Å²) in [6.07, 6.45) is 3.41. The Labute approximate surface area is 129 Å². The Balaban J connectivity index is 1.41. The van der Waals surface area contributed by atoms with Crippen molar-refractivity contribution in [3.63, 3.8) is 0 Å². The zero-order valence-electron chi connectivity index (χ0n) is 12.4. The summed E-state index contributed by atoms with van der Waals surface area (Å²) in [6.45, 7) is 3.17. The number of piperidine rings is 1. The molecule has 1 aromatic carbocycles. The number of tetrazole rings is 1. The molecule has 1 aromatic heterocycles. The molecule has 0 atom stereocenters. The maximum atomic E-state index is 11.9. The number of hydrogen-bond donors (Lipinski definition) is 1. The normalized spacial score (nSPS) is 16.5. The minimum absolute atomic E-state index is 0.0335. The number of carbonyl (C=O) groups is 1. The highest BCUT2D eigenvalue weighted by Gasteiger charge is 2.20. The third-order valence-corrected chi connectivity index (χ3v) is 3.90. The lowest BCUT2D eigenvalue weighted by molar-refractivity contribution is -0.122. The highest BCUT2D eigenvalue weighted by Crippen LogP contribution is 2.13. The van der Waals surface area contributed by atoms with E-state index < -0.39 is 0 Å². The lowest BCUT2D eigenvalue weighted by Crippen LogP contribution is -2.45. The van der Waals surface area contributed by atoms with Crippen molar-refractivity contribution in [3.05, 3.63) is 42.2 Å². The molecule has 22 heavy (non-hydrogen) atoms. The smallest absolute Gasteiger partial charge is 0.242 e. The molecule has 0 aliphatic carbocycles. The molecule has 0 saturated carbocycles. The molecule has 1 amide bonds. The van der Waals surface area contributed by atoms with E-state index in [0.717, 1.165) is 32.5 Å². The first-order chi connectivity index (χ1) is 10.8. The molecule has 1 saturated heterocycles. The van der Waals surface area contributed by atoms with Crippen molar-refractivity contribution in [3.8, 4) is 0 Å². The lowest BCUT2D eigenvalue weighted by Gasteiger charge is -2.32. The van der Waals surface area contributed by atoms with Crippen molar-refractivity contribution in [1.29, 1.82) is 0 Å². The van der Waals surface area contributed by atoms with Crippen LogP contribution < -0.4 is 5.32 Å². The van der Waals surface area contributed by atoms with Gasteiger partial charge in [-0.2, -0.15) is 0 Å². The predicted molar refractivity (Wildman–Crippen MR) is 80.7 cm³/mol. The molecular formula is C15H20N6O. The van der Waals surface area contributed by atoms with Crippen LogP contribution in [-0.2, 0) is 17.9 Å². The van der Waals surface area contributed by atoms with Gasteiger partial charge in [-0.25, -0.2) is 4.68 Å². The highest BCUT2D eigenvalue weighted by molar-refractivity contribution is 5.75. The molecule has 0 radical (unpaired) electrons. The third-order valence-electron chi connectivity index (χ3n) is 3.90. The van der Waals surface area contributed by atoms with Gasteiger partial charge in [0.05, 0.1) is 0 Å². The molecule has 2 aromatic rings. The van der Waals surface area contributed by atoms with Crippen molar-refractivity contribution in [2.24, 2.45) is 0 Å². The maximum absolute atomic E-state index is 11.9. The number of nitrogens with zero attached hydrogens (tertiary/aromatic N) is 5. The summed E-state index contributed by atoms with van der Waals surface area (Å²) < 4.78 is 1.43. The summed E-state index contributed by atoms with van der Waals surface area (Å²) in [5.74, 6) is -0.0335. The maximum Gasteiger partial charge on any atom is 0.242 e. The van der Waals surface area contributed by atoms with Gasteiger partial charge in [0.15, 0.2) is 0 Å². The van der Waals surface area contributed by atoms with E-state index in [0.29, 0.717) is 0 Å². The van der Waals surface area contributed by atoms with Gasteiger partial charge in [0.25, 0.3) is 0 Å². The third kappa shape index (κ3) is 4.11. The molecule has 1 aliphatic heterocycles. The minimum Gasteiger partial charge on any atom is -0.352 e. The van der Waals surface area contributed by atoms with Crippen molar-refractivity contribution < 1.29 is 4.79 Å². The summed E-state index contributed by atoms with van der Waals surface area (Å²) in [7, 11) is 0. The Bertz CT molecular complexity index is 577. The summed E-state index contributed by atoms with van der Waals surface area (Å²) in [5.41, 5.74) is 1.34. The van der Waals surface area contributed by atoms with Gasteiger partial charge in [0.1, 0.15) is 12.9 Å². The quantitative estimate of drug-likeness (QED) is 0.868. The first kappa shape index (κ1) is 14.6. The number of hydrogen-bond acceptors (Lipinski definition) is 5. The van der Waals surface area contributed by atoms with E-state index in [1.165, 1.54) is 16.6 Å². The van der Waals surface area contributed by atoms with Crippen molar-refractivity contribution in [2.45, 2.75) is 32.0 Å². The monoisotopic (exact) mass is 300 g/mol. The first-order valence-corrected chi connectivity index (χ1v) is 7.56. The van der Waals surface area contributed by atoms with Gasteiger partial charge in [0, 0.05) is 25.7 Å². The fourth-order valence-corrected chi connectivity index (χ4v) is 2.75. The molecule has 0 bridgehead atoms. The Hall–Kier alpha value is -2.28. The molecule has 0 spiro atoms. The molecule has 1 aliphatic rings. The van der Waals surface area contributed by atoms with Crippen molar-refractivity contribution in [1.82, 2.24) is 30.4 Å². The van der Waals surface area contributed by atoms with Gasteiger partial charge in [-0.3, -0.25) is 9.69 Å². The average Bonchev–Trinajstić information content (AvgIpc) is 3.03. The molecule has 1 fully saturated rings. The summed E-state index contributed by atoms with van der Waals surface area (Å²) in [5, 5.41) is 13.8. The standard InChI is InChI=1S/C15H20N6O/c22-15(11-21-12-16-18-19-21)17-14-6-8-20(9-7-14)10-13-4-2-1-3-5-13/h1-5,12,14H,6-11H2,(H,17,22). The van der Waals surface area contributed by atoms with E-state index in [2.05, 4.69) is 50.0 Å². The number of aromatic nitrogens is 4. The van der Waals surface area contributed by atoms with Gasteiger partial charge in [-0.1, -0.05) is 30.3 Å². The van der Waals surface area contributed by atoms with Crippen LogP contribution in [0, 0.1) is 0 Å². The molecule has 7 heteroatoms. The van der Waals surface area contributed by atoms with E-state index in [9.17, 15) is 4.79 Å². The lowest BCUT2D eigenvalue weighted by atomic mass is 10.0. The molecule has 2 heterocycles. The Morgan fingerprint density at radius 2 is 2.00 bits per heavy atom. The van der Waals surface area contributed by atoms with Crippen molar-refractivity contribution in [2.75, 3.05) is 13.1 Å². The van der Waals surface area contributed by atoms with Crippen LogP contribution in [0.4, 0.5) is 0 Å². The van der Waals surface area contributed by atoms with E-state index >= 15 is 0 Å². The number of benzene rings is 1. The van der Waals surface area contributed by atoms with Crippen LogP contribution in [0.2, 0.25) is 0 Å². The average molecular weight is 300 g/mol. The van der Waals surface area contributed by atoms with Crippen LogP contribution in [0.1, 0.15) is 18.4 Å². The highest BCUT2D eigenvalue weighted by atomic mass is 16.2. The second-order valence-corrected chi connectivity index (χ2v) is 5.61. The number of nitrogens with one attached hydrogen (secondary N) is 1. The largest absolute Gasteiger partial charge is 0.352 e. The summed E-state index contributed by atoms with van der Waals surface area (Å²) >= 11 is 0. The van der Waals surface area contributed by atoms with E-state index in [-0.39, 0.29) is 18.5 Å². The van der Waals surface area contributed by atoms with E-state index in [4.69, 9.17) is 0 Å². The van der Waals surface area contributed by atoms with Gasteiger partial charge in [-0.05, 0) is 28.8 Å². The Morgan fingerprint density at radius 3 is 2.68 bits per heavy atom. The Kier molecular flexibility index (Phi) is 4.75. The van der Waals surface area contributed by atoms with E-state index in [1.807, 2.05) is 6.07 Å². The van der Waals surface area contributed by atoms with Gasteiger partial charge in [0.2, 0.25) is 5.91 Å². The molecule has 1 N–H and O–H groups in total. The fraction of sp³-hybridized carbons (Fsp3) is 0.467. The van der Waals surface area contributed by atoms with Crippen LogP contribution in [0.15, 0.2) is 36.7 Å². The minimum atomic E-state index is -0.0335. The zero-order valence-corrected chi connectivity index (χ0v) is 12.4. The van der Waals surface area contributed by atoms with Crippen LogP contribution in [0.25, 0.3) is 0 Å². The molecule has 3 rings (SSSR count). The molecule has 7 nitrogen and oxygen atoms in total. The number of amides is 1. The van der Waals surface area contributed by atoms with Crippen LogP contribution in [0.3, 0.4) is 0 Å². The fourth-order valence-electron chi connectivity index (χ4n) is 2.75. The van der Waals surface area contributed by atoms with E-state index in [1.54, 1.807) is 0 Å². The number of likely N-dealkylation sites (tertiary alicyclic amines) is 1. The SMILES string of the molecule is O=C(Cn1cnnn1)NC1CCN(Cc2ccccc2)CC1. The molecule has 0 unspecified atom stereocenters. The Morgan fingerprint density at radius 1 is 1.23 bits per heavy atom. The van der Waals surface area contributed by atoms with Gasteiger partial charge >= 0.3 is 0 Å². The molecule has 116 valence electrons. The topological polar surface area (TPSA) is 75.9 Å². The van der Waals surface area contributed by atoms with Gasteiger partial charge < -0.3 is 5.32 Å². The second-order valence-electron chi connectivity index (χ2n) is 5.61. The van der Waals surface area contributed by atoms with Gasteiger partial charge in [-0.15, -0.1) is 5.10 Å². The summed E-state index contributed by atoms with van der Waals surface area (Å²) in [6, 6.07) is 10.7. The zero-order chi connectivity index (χ0) is 15.2. The van der Waals surface area contributed by atoms with Crippen LogP contribution in [0.5, 0.6) is 0 Å². The summed E-state index contributed by atoms with van der Waals surface area (Å²) in [4.78, 5) is 14.3. The molecular weight excluding hydrogens is 280 g/mol. The number of rotatable bonds is 5.